The first-order chi connectivity index (χ1) is 7.54. The molecule has 1 amide bonds. The van der Waals surface area contributed by atoms with Crippen molar-refractivity contribution in [2.45, 2.75) is 56.6 Å². The number of aliphatic hydroxyl groups is 1. The first-order valence-corrected chi connectivity index (χ1v) is 6.30. The van der Waals surface area contributed by atoms with Gasteiger partial charge in [0.25, 0.3) is 0 Å². The van der Waals surface area contributed by atoms with Crippen LogP contribution in [0.25, 0.3) is 0 Å². The molecule has 2 fully saturated rings. The van der Waals surface area contributed by atoms with E-state index in [0.717, 1.165) is 45.1 Å². The highest BCUT2D eigenvalue weighted by atomic mass is 16.3. The van der Waals surface area contributed by atoms with E-state index >= 15 is 0 Å². The number of nitrogens with one attached hydrogen (secondary N) is 2. The van der Waals surface area contributed by atoms with Crippen LogP contribution in [0, 0.1) is 0 Å². The van der Waals surface area contributed by atoms with Gasteiger partial charge in [0.2, 0.25) is 5.91 Å². The molecule has 1 unspecified atom stereocenters. The van der Waals surface area contributed by atoms with Crippen LogP contribution >= 0.6 is 0 Å². The largest absolute Gasteiger partial charge is 0.388 e. The summed E-state index contributed by atoms with van der Waals surface area (Å²) >= 11 is 0. The smallest absolute Gasteiger partial charge is 0.240 e. The van der Waals surface area contributed by atoms with Gasteiger partial charge in [0.15, 0.2) is 0 Å². The molecule has 0 bridgehead atoms. The maximum atomic E-state index is 12.0. The van der Waals surface area contributed by atoms with Gasteiger partial charge < -0.3 is 15.7 Å². The number of piperidine rings is 1. The van der Waals surface area contributed by atoms with Crippen molar-refractivity contribution in [3.63, 3.8) is 0 Å². The number of carbonyl (C=O) groups is 1. The third kappa shape index (κ3) is 2.38. The Morgan fingerprint density at radius 3 is 2.56 bits per heavy atom. The summed E-state index contributed by atoms with van der Waals surface area (Å²) in [5.41, 5.74) is -1.06. The summed E-state index contributed by atoms with van der Waals surface area (Å²) in [4.78, 5) is 12.0. The van der Waals surface area contributed by atoms with E-state index in [4.69, 9.17) is 0 Å². The Labute approximate surface area is 96.8 Å². The highest BCUT2D eigenvalue weighted by Crippen LogP contribution is 2.30. The van der Waals surface area contributed by atoms with Crippen LogP contribution in [0.5, 0.6) is 0 Å². The minimum atomic E-state index is -0.624. The van der Waals surface area contributed by atoms with Crippen molar-refractivity contribution in [3.05, 3.63) is 0 Å². The molecule has 0 aromatic rings. The van der Waals surface area contributed by atoms with E-state index in [1.165, 1.54) is 0 Å². The molecule has 0 aromatic heterocycles. The predicted octanol–water partition coefficient (Wildman–Crippen LogP) is 0.550. The SMILES string of the molecule is CC1(C(=O)NCC2(O)CCC2)CCCCN1. The van der Waals surface area contributed by atoms with E-state index in [1.54, 1.807) is 0 Å². The van der Waals surface area contributed by atoms with Crippen molar-refractivity contribution < 1.29 is 9.90 Å². The first kappa shape index (κ1) is 11.9. The second kappa shape index (κ2) is 4.34. The van der Waals surface area contributed by atoms with Gasteiger partial charge in [-0.3, -0.25) is 4.79 Å². The Morgan fingerprint density at radius 2 is 2.06 bits per heavy atom. The monoisotopic (exact) mass is 226 g/mol. The number of hydrogen-bond acceptors (Lipinski definition) is 3. The molecule has 16 heavy (non-hydrogen) atoms. The molecule has 0 spiro atoms. The third-order valence-electron chi connectivity index (χ3n) is 3.98. The highest BCUT2D eigenvalue weighted by Gasteiger charge is 2.38. The minimum Gasteiger partial charge on any atom is -0.388 e. The van der Waals surface area contributed by atoms with Crippen molar-refractivity contribution >= 4 is 5.91 Å². The Hall–Kier alpha value is -0.610. The molecule has 1 aliphatic heterocycles. The lowest BCUT2D eigenvalue weighted by Crippen LogP contribution is -2.59. The molecule has 3 N–H and O–H groups in total. The number of rotatable bonds is 3. The Bertz CT molecular complexity index is 268. The van der Waals surface area contributed by atoms with Gasteiger partial charge in [-0.1, -0.05) is 0 Å². The molecule has 4 heteroatoms. The molecule has 2 rings (SSSR count). The van der Waals surface area contributed by atoms with Crippen LogP contribution in [0.1, 0.15) is 45.4 Å². The number of carbonyl (C=O) groups excluding carboxylic acids is 1. The summed E-state index contributed by atoms with van der Waals surface area (Å²) in [5.74, 6) is 0.0347. The van der Waals surface area contributed by atoms with Crippen LogP contribution in [0.4, 0.5) is 0 Å². The quantitative estimate of drug-likeness (QED) is 0.658. The van der Waals surface area contributed by atoms with E-state index < -0.39 is 11.1 Å². The average Bonchev–Trinajstić information content (AvgIpc) is 2.24. The van der Waals surface area contributed by atoms with Gasteiger partial charge in [0, 0.05) is 6.54 Å². The molecule has 0 aromatic carbocycles. The first-order valence-electron chi connectivity index (χ1n) is 6.30. The maximum absolute atomic E-state index is 12.0. The lowest BCUT2D eigenvalue weighted by molar-refractivity contribution is -0.130. The highest BCUT2D eigenvalue weighted by molar-refractivity contribution is 5.86. The second-order valence-electron chi connectivity index (χ2n) is 5.48. The van der Waals surface area contributed by atoms with E-state index in [2.05, 4.69) is 10.6 Å². The van der Waals surface area contributed by atoms with E-state index in [9.17, 15) is 9.90 Å². The van der Waals surface area contributed by atoms with Gasteiger partial charge in [-0.25, -0.2) is 0 Å². The van der Waals surface area contributed by atoms with Crippen molar-refractivity contribution in [2.24, 2.45) is 0 Å². The summed E-state index contributed by atoms with van der Waals surface area (Å²) < 4.78 is 0. The topological polar surface area (TPSA) is 61.4 Å². The number of hydrogen-bond donors (Lipinski definition) is 3. The van der Waals surface area contributed by atoms with Crippen LogP contribution in [0.2, 0.25) is 0 Å². The normalized spacial score (nSPS) is 32.9. The summed E-state index contributed by atoms with van der Waals surface area (Å²) in [6.45, 7) is 3.27. The van der Waals surface area contributed by atoms with Gasteiger partial charge in [-0.2, -0.15) is 0 Å². The fourth-order valence-corrected chi connectivity index (χ4v) is 2.45. The average molecular weight is 226 g/mol. The molecule has 0 radical (unpaired) electrons. The molecule has 1 saturated carbocycles. The summed E-state index contributed by atoms with van der Waals surface area (Å²) in [7, 11) is 0. The van der Waals surface area contributed by atoms with Gasteiger partial charge in [0.1, 0.15) is 0 Å². The van der Waals surface area contributed by atoms with Gasteiger partial charge in [-0.05, 0) is 52.0 Å². The van der Waals surface area contributed by atoms with Gasteiger partial charge in [0.05, 0.1) is 11.1 Å². The standard InChI is InChI=1S/C12H22N2O2/c1-11(5-2-3-8-14-11)10(15)13-9-12(16)6-4-7-12/h14,16H,2-9H2,1H3,(H,13,15). The zero-order valence-electron chi connectivity index (χ0n) is 10.0. The molecule has 1 atom stereocenters. The zero-order valence-corrected chi connectivity index (χ0v) is 10.0. The van der Waals surface area contributed by atoms with Crippen LogP contribution < -0.4 is 10.6 Å². The Morgan fingerprint density at radius 1 is 1.31 bits per heavy atom. The number of amides is 1. The lowest BCUT2D eigenvalue weighted by Gasteiger charge is -2.39. The Kier molecular flexibility index (Phi) is 3.22. The fraction of sp³-hybridized carbons (Fsp3) is 0.917. The van der Waals surface area contributed by atoms with Crippen molar-refractivity contribution in [1.29, 1.82) is 0 Å². The molecular formula is C12H22N2O2. The van der Waals surface area contributed by atoms with E-state index in [-0.39, 0.29) is 5.91 Å². The van der Waals surface area contributed by atoms with Gasteiger partial charge in [-0.15, -0.1) is 0 Å². The fourth-order valence-electron chi connectivity index (χ4n) is 2.45. The van der Waals surface area contributed by atoms with Crippen molar-refractivity contribution in [2.75, 3.05) is 13.1 Å². The van der Waals surface area contributed by atoms with Crippen molar-refractivity contribution in [1.82, 2.24) is 10.6 Å². The molecule has 1 heterocycles. The van der Waals surface area contributed by atoms with Gasteiger partial charge >= 0.3 is 0 Å². The van der Waals surface area contributed by atoms with E-state index in [1.807, 2.05) is 6.92 Å². The summed E-state index contributed by atoms with van der Waals surface area (Å²) in [6.07, 6.45) is 5.84. The van der Waals surface area contributed by atoms with Crippen molar-refractivity contribution in [3.8, 4) is 0 Å². The lowest BCUT2D eigenvalue weighted by atomic mass is 9.80. The van der Waals surface area contributed by atoms with E-state index in [0.29, 0.717) is 6.54 Å². The maximum Gasteiger partial charge on any atom is 0.240 e. The second-order valence-corrected chi connectivity index (χ2v) is 5.48. The molecule has 2 aliphatic rings. The summed E-state index contributed by atoms with van der Waals surface area (Å²) in [5, 5.41) is 16.1. The van der Waals surface area contributed by atoms with Crippen LogP contribution in [-0.2, 0) is 4.79 Å². The molecular weight excluding hydrogens is 204 g/mol. The molecule has 4 nitrogen and oxygen atoms in total. The molecule has 92 valence electrons. The van der Waals surface area contributed by atoms with Crippen LogP contribution in [0.3, 0.4) is 0 Å². The molecule has 1 saturated heterocycles. The summed E-state index contributed by atoms with van der Waals surface area (Å²) in [6, 6.07) is 0. The zero-order chi connectivity index (χ0) is 11.6. The third-order valence-corrected chi connectivity index (χ3v) is 3.98. The minimum absolute atomic E-state index is 0.0347. The Balaban J connectivity index is 1.82. The van der Waals surface area contributed by atoms with Crippen LogP contribution in [-0.4, -0.2) is 35.2 Å². The predicted molar refractivity (Wildman–Crippen MR) is 62.1 cm³/mol. The van der Waals surface area contributed by atoms with Crippen LogP contribution in [0.15, 0.2) is 0 Å². The molecule has 1 aliphatic carbocycles.